The lowest BCUT2D eigenvalue weighted by molar-refractivity contribution is 0.0575. The van der Waals surface area contributed by atoms with Gasteiger partial charge in [0.25, 0.3) is 0 Å². The molecule has 1 N–H and O–H groups in total. The van der Waals surface area contributed by atoms with E-state index in [9.17, 15) is 0 Å². The molecule has 0 aromatic carbocycles. The maximum absolute atomic E-state index is 5.60. The second-order valence-electron chi connectivity index (χ2n) is 6.14. The Morgan fingerprint density at radius 1 is 1.07 bits per heavy atom. The summed E-state index contributed by atoms with van der Waals surface area (Å²) in [6.07, 6.45) is 2.27. The third kappa shape index (κ3) is 10.2. The highest BCUT2D eigenvalue weighted by Gasteiger charge is 2.19. The van der Waals surface area contributed by atoms with Gasteiger partial charge in [-0.05, 0) is 45.6 Å². The number of ether oxygens (including phenoxy) is 1. The molecular formula is C13H29NO. The van der Waals surface area contributed by atoms with Crippen LogP contribution in [0, 0.1) is 5.41 Å². The smallest absolute Gasteiger partial charge is 0.0517 e. The van der Waals surface area contributed by atoms with Crippen molar-refractivity contribution in [3.63, 3.8) is 0 Å². The molecule has 2 nitrogen and oxygen atoms in total. The van der Waals surface area contributed by atoms with E-state index in [0.717, 1.165) is 32.6 Å². The molecule has 0 saturated carbocycles. The number of hydrogen-bond donors (Lipinski definition) is 1. The molecular weight excluding hydrogens is 186 g/mol. The van der Waals surface area contributed by atoms with Crippen LogP contribution in [-0.4, -0.2) is 25.3 Å². The number of nitrogens with one attached hydrogen (secondary N) is 1. The minimum absolute atomic E-state index is 0.223. The Balaban J connectivity index is 3.64. The second kappa shape index (κ2) is 6.49. The molecule has 0 saturated heterocycles. The fourth-order valence-electron chi connectivity index (χ4n) is 1.34. The van der Waals surface area contributed by atoms with Crippen LogP contribution in [0.5, 0.6) is 0 Å². The van der Waals surface area contributed by atoms with Gasteiger partial charge in [0.15, 0.2) is 0 Å². The summed E-state index contributed by atoms with van der Waals surface area (Å²) in [4.78, 5) is 0. The van der Waals surface area contributed by atoms with Crippen LogP contribution in [0.3, 0.4) is 0 Å². The Morgan fingerprint density at radius 2 is 1.67 bits per heavy atom. The fraction of sp³-hybridized carbons (Fsp3) is 1.00. The summed E-state index contributed by atoms with van der Waals surface area (Å²) in [7, 11) is 0. The summed E-state index contributed by atoms with van der Waals surface area (Å²) in [5, 5.41) is 3.51. The molecule has 0 heterocycles. The van der Waals surface area contributed by atoms with Gasteiger partial charge < -0.3 is 10.1 Å². The molecule has 92 valence electrons. The first-order valence-corrected chi connectivity index (χ1v) is 6.10. The topological polar surface area (TPSA) is 21.3 Å². The molecule has 0 spiro atoms. The molecule has 0 amide bonds. The molecule has 0 rings (SSSR count). The highest BCUT2D eigenvalue weighted by molar-refractivity contribution is 4.74. The zero-order chi connectivity index (χ0) is 11.9. The normalized spacial score (nSPS) is 13.2. The second-order valence-corrected chi connectivity index (χ2v) is 6.14. The quantitative estimate of drug-likeness (QED) is 0.658. The van der Waals surface area contributed by atoms with Gasteiger partial charge >= 0.3 is 0 Å². The number of hydrogen-bond acceptors (Lipinski definition) is 2. The van der Waals surface area contributed by atoms with Crippen molar-refractivity contribution < 1.29 is 4.74 Å². The van der Waals surface area contributed by atoms with E-state index in [2.05, 4.69) is 46.9 Å². The molecule has 0 bridgehead atoms. The van der Waals surface area contributed by atoms with Crippen molar-refractivity contribution in [2.45, 2.75) is 59.9 Å². The highest BCUT2D eigenvalue weighted by atomic mass is 16.5. The van der Waals surface area contributed by atoms with Crippen LogP contribution >= 0.6 is 0 Å². The lowest BCUT2D eigenvalue weighted by Crippen LogP contribution is -2.38. The van der Waals surface area contributed by atoms with E-state index >= 15 is 0 Å². The van der Waals surface area contributed by atoms with Gasteiger partial charge in [-0.15, -0.1) is 0 Å². The molecule has 2 heteroatoms. The van der Waals surface area contributed by atoms with E-state index < -0.39 is 0 Å². The Hall–Kier alpha value is -0.0800. The first-order valence-electron chi connectivity index (χ1n) is 6.10. The lowest BCUT2D eigenvalue weighted by atomic mass is 9.90. The monoisotopic (exact) mass is 215 g/mol. The predicted molar refractivity (Wildman–Crippen MR) is 67.3 cm³/mol. The van der Waals surface area contributed by atoms with Gasteiger partial charge in [0, 0.05) is 12.1 Å². The van der Waals surface area contributed by atoms with Crippen LogP contribution in [0.4, 0.5) is 0 Å². The number of rotatable bonds is 7. The van der Waals surface area contributed by atoms with E-state index in [-0.39, 0.29) is 11.0 Å². The Bertz CT molecular complexity index is 158. The van der Waals surface area contributed by atoms with Crippen LogP contribution < -0.4 is 5.32 Å². The zero-order valence-corrected chi connectivity index (χ0v) is 11.4. The van der Waals surface area contributed by atoms with Crippen molar-refractivity contribution in [3.8, 4) is 0 Å². The first-order chi connectivity index (χ1) is 6.77. The van der Waals surface area contributed by atoms with Crippen LogP contribution in [0.25, 0.3) is 0 Å². The molecule has 0 aromatic heterocycles. The van der Waals surface area contributed by atoms with Gasteiger partial charge in [-0.25, -0.2) is 0 Å². The third-order valence-electron chi connectivity index (χ3n) is 2.30. The highest BCUT2D eigenvalue weighted by Crippen LogP contribution is 2.20. The Kier molecular flexibility index (Phi) is 6.46. The van der Waals surface area contributed by atoms with Crippen molar-refractivity contribution in [1.29, 1.82) is 0 Å². The molecule has 0 atom stereocenters. The van der Waals surface area contributed by atoms with Crippen LogP contribution in [0.1, 0.15) is 54.4 Å². The summed E-state index contributed by atoms with van der Waals surface area (Å²) in [6, 6.07) is 0. The van der Waals surface area contributed by atoms with E-state index in [1.54, 1.807) is 0 Å². The average molecular weight is 215 g/mol. The Morgan fingerprint density at radius 3 is 2.13 bits per heavy atom. The molecule has 0 aliphatic rings. The molecule has 0 radical (unpaired) electrons. The summed E-state index contributed by atoms with van der Waals surface area (Å²) < 4.78 is 5.60. The van der Waals surface area contributed by atoms with Gasteiger partial charge in [0.1, 0.15) is 0 Å². The van der Waals surface area contributed by atoms with Gasteiger partial charge in [-0.2, -0.15) is 0 Å². The standard InChI is InChI=1S/C13H29NO/c1-7-10-15-11-13(5,6)8-9-14-12(2,3)4/h14H,7-11H2,1-6H3. The van der Waals surface area contributed by atoms with E-state index in [0.29, 0.717) is 0 Å². The van der Waals surface area contributed by atoms with Gasteiger partial charge in [-0.3, -0.25) is 0 Å². The van der Waals surface area contributed by atoms with E-state index in [1.165, 1.54) is 0 Å². The molecule has 0 unspecified atom stereocenters. The van der Waals surface area contributed by atoms with Crippen molar-refractivity contribution in [1.82, 2.24) is 5.32 Å². The van der Waals surface area contributed by atoms with E-state index in [1.807, 2.05) is 0 Å². The molecule has 0 fully saturated rings. The van der Waals surface area contributed by atoms with Crippen LogP contribution in [0.15, 0.2) is 0 Å². The van der Waals surface area contributed by atoms with Gasteiger partial charge in [-0.1, -0.05) is 20.8 Å². The van der Waals surface area contributed by atoms with Gasteiger partial charge in [0.05, 0.1) is 6.61 Å². The van der Waals surface area contributed by atoms with E-state index in [4.69, 9.17) is 4.74 Å². The maximum atomic E-state index is 5.60. The molecule has 15 heavy (non-hydrogen) atoms. The molecule has 0 aliphatic carbocycles. The molecule has 0 aromatic rings. The maximum Gasteiger partial charge on any atom is 0.0517 e. The largest absolute Gasteiger partial charge is 0.381 e. The van der Waals surface area contributed by atoms with Gasteiger partial charge in [0.2, 0.25) is 0 Å². The fourth-order valence-corrected chi connectivity index (χ4v) is 1.34. The summed E-state index contributed by atoms with van der Waals surface area (Å²) >= 11 is 0. The minimum atomic E-state index is 0.223. The third-order valence-corrected chi connectivity index (χ3v) is 2.30. The minimum Gasteiger partial charge on any atom is -0.381 e. The summed E-state index contributed by atoms with van der Waals surface area (Å²) in [5.74, 6) is 0. The lowest BCUT2D eigenvalue weighted by Gasteiger charge is -2.27. The SMILES string of the molecule is CCCOCC(C)(C)CCNC(C)(C)C. The zero-order valence-electron chi connectivity index (χ0n) is 11.4. The van der Waals surface area contributed by atoms with Crippen molar-refractivity contribution in [2.75, 3.05) is 19.8 Å². The summed E-state index contributed by atoms with van der Waals surface area (Å²) in [6.45, 7) is 16.1. The van der Waals surface area contributed by atoms with Crippen molar-refractivity contribution in [2.24, 2.45) is 5.41 Å². The average Bonchev–Trinajstić information content (AvgIpc) is 2.01. The Labute approximate surface area is 95.8 Å². The molecule has 0 aliphatic heterocycles. The van der Waals surface area contributed by atoms with Crippen molar-refractivity contribution in [3.05, 3.63) is 0 Å². The predicted octanol–water partition coefficient (Wildman–Crippen LogP) is 3.22. The van der Waals surface area contributed by atoms with Crippen LogP contribution in [-0.2, 0) is 4.74 Å². The van der Waals surface area contributed by atoms with Crippen molar-refractivity contribution >= 4 is 0 Å². The first kappa shape index (κ1) is 14.9. The van der Waals surface area contributed by atoms with Crippen LogP contribution in [0.2, 0.25) is 0 Å². The summed E-state index contributed by atoms with van der Waals surface area (Å²) in [5.41, 5.74) is 0.508.